The lowest BCUT2D eigenvalue weighted by Gasteiger charge is -2.05. The third kappa shape index (κ3) is 4.96. The van der Waals surface area contributed by atoms with Gasteiger partial charge in [0.15, 0.2) is 0 Å². The molecule has 2 aromatic carbocycles. The first-order chi connectivity index (χ1) is 12.7. The van der Waals surface area contributed by atoms with Crippen LogP contribution in [0.25, 0.3) is 0 Å². The van der Waals surface area contributed by atoms with E-state index in [1.165, 1.54) is 11.1 Å². The first kappa shape index (κ1) is 17.7. The van der Waals surface area contributed by atoms with Gasteiger partial charge < -0.3 is 0 Å². The fraction of sp³-hybridized carbons (Fsp3) is 0.174. The van der Waals surface area contributed by atoms with Gasteiger partial charge in [0.05, 0.1) is 35.9 Å². The maximum Gasteiger partial charge on any atom is 0.0845 e. The van der Waals surface area contributed by atoms with Gasteiger partial charge in [0, 0.05) is 0 Å². The molecular weight excluding hydrogens is 318 g/mol. The van der Waals surface area contributed by atoms with Crippen molar-refractivity contribution >= 4 is 11.4 Å². The number of hydrogen-bond donors (Lipinski definition) is 0. The number of nitrogens with zero attached hydrogens (tertiary/aromatic N) is 3. The maximum absolute atomic E-state index is 4.74. The summed E-state index contributed by atoms with van der Waals surface area (Å²) in [4.78, 5) is 14.1. The molecule has 0 aliphatic heterocycles. The number of pyridine rings is 1. The monoisotopic (exact) mass is 341 g/mol. The van der Waals surface area contributed by atoms with E-state index in [-0.39, 0.29) is 0 Å². The molecule has 0 amide bonds. The Kier molecular flexibility index (Phi) is 6.05. The third-order valence-corrected chi connectivity index (χ3v) is 4.17. The van der Waals surface area contributed by atoms with Crippen molar-refractivity contribution in [3.8, 4) is 0 Å². The van der Waals surface area contributed by atoms with Gasteiger partial charge in [-0.1, -0.05) is 66.7 Å². The number of rotatable bonds is 6. The quantitative estimate of drug-likeness (QED) is 0.575. The summed E-state index contributed by atoms with van der Waals surface area (Å²) < 4.78 is 0. The molecule has 0 atom stereocenters. The van der Waals surface area contributed by atoms with Gasteiger partial charge in [-0.2, -0.15) is 0 Å². The summed E-state index contributed by atoms with van der Waals surface area (Å²) in [5, 5.41) is 0. The Labute approximate surface area is 155 Å². The van der Waals surface area contributed by atoms with Crippen molar-refractivity contribution in [2.24, 2.45) is 9.98 Å². The molecule has 0 radical (unpaired) electrons. The van der Waals surface area contributed by atoms with Crippen LogP contribution in [0.2, 0.25) is 0 Å². The number of aliphatic imine (C=N–C) groups is 2. The average Bonchev–Trinajstić information content (AvgIpc) is 2.72. The molecular formula is C23H23N3. The second-order valence-corrected chi connectivity index (χ2v) is 6.18. The second kappa shape index (κ2) is 8.86. The topological polar surface area (TPSA) is 37.6 Å². The molecule has 130 valence electrons. The van der Waals surface area contributed by atoms with Crippen molar-refractivity contribution in [3.05, 3.63) is 101 Å². The molecule has 0 aliphatic rings. The molecule has 0 saturated heterocycles. The summed E-state index contributed by atoms with van der Waals surface area (Å²) in [5.41, 5.74) is 6.06. The van der Waals surface area contributed by atoms with E-state index < -0.39 is 0 Å². The van der Waals surface area contributed by atoms with Gasteiger partial charge in [0.2, 0.25) is 0 Å². The Balaban J connectivity index is 1.72. The minimum atomic E-state index is 0.666. The van der Waals surface area contributed by atoms with E-state index in [0.29, 0.717) is 13.1 Å². The first-order valence-corrected chi connectivity index (χ1v) is 8.80. The second-order valence-electron chi connectivity index (χ2n) is 6.18. The summed E-state index contributed by atoms with van der Waals surface area (Å²) in [5.74, 6) is 0. The molecule has 0 bridgehead atoms. The molecule has 0 unspecified atom stereocenters. The van der Waals surface area contributed by atoms with E-state index >= 15 is 0 Å². The predicted octanol–water partition coefficient (Wildman–Crippen LogP) is 5.10. The van der Waals surface area contributed by atoms with E-state index in [9.17, 15) is 0 Å². The van der Waals surface area contributed by atoms with Crippen LogP contribution in [0.4, 0.5) is 0 Å². The van der Waals surface area contributed by atoms with Crippen LogP contribution < -0.4 is 0 Å². The van der Waals surface area contributed by atoms with Crippen LogP contribution in [-0.2, 0) is 13.1 Å². The minimum Gasteiger partial charge on any atom is -0.283 e. The highest BCUT2D eigenvalue weighted by Gasteiger charge is 2.04. The number of benzene rings is 2. The molecule has 0 fully saturated rings. The van der Waals surface area contributed by atoms with E-state index in [2.05, 4.69) is 34.3 Å². The van der Waals surface area contributed by atoms with Crippen LogP contribution in [-0.4, -0.2) is 16.4 Å². The van der Waals surface area contributed by atoms with Crippen molar-refractivity contribution in [1.82, 2.24) is 4.98 Å². The molecule has 3 heteroatoms. The lowest BCUT2D eigenvalue weighted by molar-refractivity contribution is 1.05. The normalized spacial score (nSPS) is 12.2. The average molecular weight is 341 g/mol. The highest BCUT2D eigenvalue weighted by Crippen LogP contribution is 2.07. The molecule has 3 aromatic rings. The Morgan fingerprint density at radius 1 is 0.615 bits per heavy atom. The zero-order valence-electron chi connectivity index (χ0n) is 15.3. The van der Waals surface area contributed by atoms with Gasteiger partial charge in [-0.25, -0.2) is 4.98 Å². The lowest BCUT2D eigenvalue weighted by Crippen LogP contribution is -2.06. The first-order valence-electron chi connectivity index (χ1n) is 8.80. The zero-order chi connectivity index (χ0) is 18.2. The van der Waals surface area contributed by atoms with Crippen LogP contribution >= 0.6 is 0 Å². The van der Waals surface area contributed by atoms with Gasteiger partial charge in [-0.15, -0.1) is 0 Å². The molecule has 0 saturated carbocycles. The van der Waals surface area contributed by atoms with Crippen molar-refractivity contribution in [2.75, 3.05) is 0 Å². The highest BCUT2D eigenvalue weighted by atomic mass is 14.8. The van der Waals surface area contributed by atoms with Gasteiger partial charge in [-0.3, -0.25) is 9.98 Å². The summed E-state index contributed by atoms with van der Waals surface area (Å²) in [6, 6.07) is 26.5. The van der Waals surface area contributed by atoms with Crippen molar-refractivity contribution in [1.29, 1.82) is 0 Å². The Morgan fingerprint density at radius 3 is 1.46 bits per heavy atom. The molecule has 26 heavy (non-hydrogen) atoms. The van der Waals surface area contributed by atoms with Gasteiger partial charge in [0.1, 0.15) is 0 Å². The summed E-state index contributed by atoms with van der Waals surface area (Å²) >= 11 is 0. The van der Waals surface area contributed by atoms with E-state index in [1.807, 2.05) is 68.4 Å². The Bertz CT molecular complexity index is 824. The molecule has 0 aliphatic carbocycles. The summed E-state index contributed by atoms with van der Waals surface area (Å²) in [7, 11) is 0. The molecule has 3 nitrogen and oxygen atoms in total. The number of hydrogen-bond acceptors (Lipinski definition) is 3. The standard InChI is InChI=1S/C23H23N3/c1-18(24-16-20-10-5-3-6-11-20)22-14-9-15-23(26-22)19(2)25-17-21-12-7-4-8-13-21/h3-15H,16-17H2,1-2H3/b24-18-,25-19-. The Morgan fingerprint density at radius 2 is 1.04 bits per heavy atom. The summed E-state index contributed by atoms with van der Waals surface area (Å²) in [6.07, 6.45) is 0. The molecule has 3 rings (SSSR count). The Hall–Kier alpha value is -3.07. The molecule has 0 spiro atoms. The molecule has 0 N–H and O–H groups in total. The highest BCUT2D eigenvalue weighted by molar-refractivity contribution is 6.00. The van der Waals surface area contributed by atoms with Crippen LogP contribution in [0.5, 0.6) is 0 Å². The van der Waals surface area contributed by atoms with Crippen LogP contribution in [0.1, 0.15) is 36.4 Å². The molecule has 1 heterocycles. The van der Waals surface area contributed by atoms with Crippen LogP contribution in [0, 0.1) is 0 Å². The van der Waals surface area contributed by atoms with Crippen LogP contribution in [0.3, 0.4) is 0 Å². The zero-order valence-corrected chi connectivity index (χ0v) is 15.3. The van der Waals surface area contributed by atoms with Crippen molar-refractivity contribution < 1.29 is 0 Å². The minimum absolute atomic E-state index is 0.666. The fourth-order valence-corrected chi connectivity index (χ4v) is 2.59. The largest absolute Gasteiger partial charge is 0.283 e. The SMILES string of the molecule is C/C(=N/Cc1ccccc1)c1cccc(/C(C)=N\Cc2ccccc2)n1. The van der Waals surface area contributed by atoms with E-state index in [0.717, 1.165) is 22.8 Å². The van der Waals surface area contributed by atoms with Gasteiger partial charge in [0.25, 0.3) is 0 Å². The van der Waals surface area contributed by atoms with Crippen molar-refractivity contribution in [3.63, 3.8) is 0 Å². The third-order valence-electron chi connectivity index (χ3n) is 4.17. The molecule has 1 aromatic heterocycles. The summed E-state index contributed by atoms with van der Waals surface area (Å²) in [6.45, 7) is 5.34. The predicted molar refractivity (Wildman–Crippen MR) is 109 cm³/mol. The van der Waals surface area contributed by atoms with Crippen molar-refractivity contribution in [2.45, 2.75) is 26.9 Å². The van der Waals surface area contributed by atoms with Gasteiger partial charge >= 0.3 is 0 Å². The van der Waals surface area contributed by atoms with Gasteiger partial charge in [-0.05, 0) is 37.1 Å². The maximum atomic E-state index is 4.74. The fourth-order valence-electron chi connectivity index (χ4n) is 2.59. The lowest BCUT2D eigenvalue weighted by atomic mass is 10.2. The number of aromatic nitrogens is 1. The van der Waals surface area contributed by atoms with Crippen LogP contribution in [0.15, 0.2) is 88.8 Å². The smallest absolute Gasteiger partial charge is 0.0845 e. The van der Waals surface area contributed by atoms with E-state index in [4.69, 9.17) is 4.98 Å². The van der Waals surface area contributed by atoms with E-state index in [1.54, 1.807) is 0 Å².